The van der Waals surface area contributed by atoms with Crippen LogP contribution in [-0.4, -0.2) is 11.4 Å². The molecule has 0 atom stereocenters. The fourth-order valence-electron chi connectivity index (χ4n) is 1.59. The van der Waals surface area contributed by atoms with Gasteiger partial charge in [0, 0.05) is 5.54 Å². The van der Waals surface area contributed by atoms with Crippen molar-refractivity contribution in [2.75, 3.05) is 0 Å². The van der Waals surface area contributed by atoms with Crippen LogP contribution < -0.4 is 5.32 Å². The lowest BCUT2D eigenvalue weighted by Gasteiger charge is -2.28. The fourth-order valence-corrected chi connectivity index (χ4v) is 1.59. The quantitative estimate of drug-likeness (QED) is 0.854. The van der Waals surface area contributed by atoms with E-state index in [0.717, 1.165) is 12.8 Å². The van der Waals surface area contributed by atoms with Crippen molar-refractivity contribution in [1.29, 1.82) is 0 Å². The van der Waals surface area contributed by atoms with Gasteiger partial charge < -0.3 is 5.32 Å². The SMILES string of the molecule is CCC(C)(CC)NC(=O)c1cccc(C)c1F. The van der Waals surface area contributed by atoms with Crippen molar-refractivity contribution in [1.82, 2.24) is 5.32 Å². The Labute approximate surface area is 102 Å². The minimum atomic E-state index is -0.431. The summed E-state index contributed by atoms with van der Waals surface area (Å²) in [4.78, 5) is 12.0. The summed E-state index contributed by atoms with van der Waals surface area (Å²) in [7, 11) is 0. The number of nitrogens with one attached hydrogen (secondary N) is 1. The van der Waals surface area contributed by atoms with Gasteiger partial charge in [-0.05, 0) is 38.3 Å². The van der Waals surface area contributed by atoms with Gasteiger partial charge in [0.2, 0.25) is 0 Å². The van der Waals surface area contributed by atoms with Crippen molar-refractivity contribution in [2.45, 2.75) is 46.1 Å². The summed E-state index contributed by atoms with van der Waals surface area (Å²) in [6, 6.07) is 4.87. The molecule has 0 aliphatic heterocycles. The van der Waals surface area contributed by atoms with Crippen LogP contribution in [0.4, 0.5) is 4.39 Å². The summed E-state index contributed by atoms with van der Waals surface area (Å²) >= 11 is 0. The van der Waals surface area contributed by atoms with E-state index in [1.54, 1.807) is 19.1 Å². The number of carbonyl (C=O) groups is 1. The van der Waals surface area contributed by atoms with E-state index in [9.17, 15) is 9.18 Å². The van der Waals surface area contributed by atoms with E-state index in [2.05, 4.69) is 5.32 Å². The number of amides is 1. The molecule has 0 unspecified atom stereocenters. The zero-order valence-corrected chi connectivity index (χ0v) is 10.9. The summed E-state index contributed by atoms with van der Waals surface area (Å²) in [5.74, 6) is -0.767. The van der Waals surface area contributed by atoms with E-state index in [1.165, 1.54) is 6.07 Å². The van der Waals surface area contributed by atoms with Gasteiger partial charge in [0.25, 0.3) is 5.91 Å². The lowest BCUT2D eigenvalue weighted by atomic mass is 9.95. The monoisotopic (exact) mass is 237 g/mol. The molecule has 0 saturated carbocycles. The largest absolute Gasteiger partial charge is 0.347 e. The summed E-state index contributed by atoms with van der Waals surface area (Å²) in [5, 5.41) is 2.90. The molecule has 0 bridgehead atoms. The molecule has 1 aromatic rings. The second-order valence-corrected chi connectivity index (χ2v) is 4.66. The van der Waals surface area contributed by atoms with Crippen LogP contribution in [0.1, 0.15) is 49.5 Å². The fraction of sp³-hybridized carbons (Fsp3) is 0.500. The first kappa shape index (κ1) is 13.7. The molecule has 0 aliphatic carbocycles. The zero-order valence-electron chi connectivity index (χ0n) is 10.9. The van der Waals surface area contributed by atoms with Crippen molar-refractivity contribution < 1.29 is 9.18 Å². The third-order valence-corrected chi connectivity index (χ3v) is 3.41. The zero-order chi connectivity index (χ0) is 13.1. The minimum Gasteiger partial charge on any atom is -0.347 e. The van der Waals surface area contributed by atoms with Crippen LogP contribution in [0.5, 0.6) is 0 Å². The molecule has 3 heteroatoms. The molecule has 1 amide bonds. The third-order valence-electron chi connectivity index (χ3n) is 3.41. The van der Waals surface area contributed by atoms with Gasteiger partial charge in [-0.15, -0.1) is 0 Å². The van der Waals surface area contributed by atoms with Gasteiger partial charge >= 0.3 is 0 Å². The Morgan fingerprint density at radius 1 is 1.35 bits per heavy atom. The van der Waals surface area contributed by atoms with Gasteiger partial charge in [-0.25, -0.2) is 4.39 Å². The summed E-state index contributed by atoms with van der Waals surface area (Å²) in [6.07, 6.45) is 1.64. The minimum absolute atomic E-state index is 0.123. The first-order valence-electron chi connectivity index (χ1n) is 6.01. The average molecular weight is 237 g/mol. The van der Waals surface area contributed by atoms with Crippen molar-refractivity contribution in [2.24, 2.45) is 0 Å². The average Bonchev–Trinajstić information content (AvgIpc) is 2.32. The molecule has 0 aliphatic rings. The Morgan fingerprint density at radius 2 is 1.94 bits per heavy atom. The molecule has 1 rings (SSSR count). The first-order chi connectivity index (χ1) is 7.93. The molecule has 94 valence electrons. The maximum absolute atomic E-state index is 13.8. The van der Waals surface area contributed by atoms with Crippen LogP contribution >= 0.6 is 0 Å². The second-order valence-electron chi connectivity index (χ2n) is 4.66. The molecule has 0 spiro atoms. The highest BCUT2D eigenvalue weighted by Crippen LogP contribution is 2.17. The summed E-state index contributed by atoms with van der Waals surface area (Å²) in [5.41, 5.74) is 0.346. The number of benzene rings is 1. The highest BCUT2D eigenvalue weighted by Gasteiger charge is 2.24. The lowest BCUT2D eigenvalue weighted by Crippen LogP contribution is -2.45. The number of carbonyl (C=O) groups excluding carboxylic acids is 1. The molecular weight excluding hydrogens is 217 g/mol. The molecule has 1 aromatic carbocycles. The Morgan fingerprint density at radius 3 is 2.47 bits per heavy atom. The molecule has 1 N–H and O–H groups in total. The van der Waals surface area contributed by atoms with E-state index < -0.39 is 5.82 Å². The van der Waals surface area contributed by atoms with Crippen LogP contribution in [0.3, 0.4) is 0 Å². The van der Waals surface area contributed by atoms with E-state index in [-0.39, 0.29) is 17.0 Å². The van der Waals surface area contributed by atoms with Gasteiger partial charge in [0.05, 0.1) is 5.56 Å². The van der Waals surface area contributed by atoms with Crippen molar-refractivity contribution in [3.05, 3.63) is 35.1 Å². The molecule has 0 heterocycles. The van der Waals surface area contributed by atoms with Crippen LogP contribution in [0.15, 0.2) is 18.2 Å². The van der Waals surface area contributed by atoms with Crippen molar-refractivity contribution >= 4 is 5.91 Å². The van der Waals surface area contributed by atoms with Gasteiger partial charge in [-0.2, -0.15) is 0 Å². The standard InChI is InChI=1S/C14H20FNO/c1-5-14(4,6-2)16-13(17)11-9-7-8-10(3)12(11)15/h7-9H,5-6H2,1-4H3,(H,16,17). The highest BCUT2D eigenvalue weighted by molar-refractivity contribution is 5.95. The Hall–Kier alpha value is -1.38. The predicted octanol–water partition coefficient (Wildman–Crippen LogP) is 3.44. The topological polar surface area (TPSA) is 29.1 Å². The van der Waals surface area contributed by atoms with Crippen LogP contribution in [0.2, 0.25) is 0 Å². The van der Waals surface area contributed by atoms with Crippen molar-refractivity contribution in [3.8, 4) is 0 Å². The molecule has 2 nitrogen and oxygen atoms in total. The Balaban J connectivity index is 2.94. The predicted molar refractivity (Wildman–Crippen MR) is 67.6 cm³/mol. The van der Waals surface area contributed by atoms with Gasteiger partial charge in [0.15, 0.2) is 0 Å². The Kier molecular flexibility index (Phi) is 4.27. The third kappa shape index (κ3) is 3.05. The van der Waals surface area contributed by atoms with E-state index in [1.807, 2.05) is 20.8 Å². The van der Waals surface area contributed by atoms with Gasteiger partial charge in [0.1, 0.15) is 5.82 Å². The number of halogens is 1. The van der Waals surface area contributed by atoms with Crippen LogP contribution in [0.25, 0.3) is 0 Å². The number of hydrogen-bond donors (Lipinski definition) is 1. The normalized spacial score (nSPS) is 11.4. The summed E-state index contributed by atoms with van der Waals surface area (Å²) in [6.45, 7) is 7.65. The Bertz CT molecular complexity index is 411. The first-order valence-corrected chi connectivity index (χ1v) is 6.01. The lowest BCUT2D eigenvalue weighted by molar-refractivity contribution is 0.0896. The maximum Gasteiger partial charge on any atom is 0.254 e. The molecule has 0 radical (unpaired) electrons. The number of hydrogen-bond acceptors (Lipinski definition) is 1. The second kappa shape index (κ2) is 5.30. The molecule has 0 saturated heterocycles. The van der Waals surface area contributed by atoms with Crippen LogP contribution in [0, 0.1) is 12.7 Å². The number of rotatable bonds is 4. The van der Waals surface area contributed by atoms with E-state index in [0.29, 0.717) is 5.56 Å². The number of aryl methyl sites for hydroxylation is 1. The summed E-state index contributed by atoms with van der Waals surface area (Å²) < 4.78 is 13.8. The van der Waals surface area contributed by atoms with Gasteiger partial charge in [-0.3, -0.25) is 4.79 Å². The van der Waals surface area contributed by atoms with Crippen LogP contribution in [-0.2, 0) is 0 Å². The van der Waals surface area contributed by atoms with E-state index >= 15 is 0 Å². The molecule has 0 fully saturated rings. The van der Waals surface area contributed by atoms with Gasteiger partial charge in [-0.1, -0.05) is 26.0 Å². The maximum atomic E-state index is 13.8. The molecule has 0 aromatic heterocycles. The molecular formula is C14H20FNO. The highest BCUT2D eigenvalue weighted by atomic mass is 19.1. The smallest absolute Gasteiger partial charge is 0.254 e. The molecule has 17 heavy (non-hydrogen) atoms. The van der Waals surface area contributed by atoms with E-state index in [4.69, 9.17) is 0 Å². The van der Waals surface area contributed by atoms with Crippen molar-refractivity contribution in [3.63, 3.8) is 0 Å².